The van der Waals surface area contributed by atoms with Crippen LogP contribution in [0.1, 0.15) is 23.7 Å². The van der Waals surface area contributed by atoms with Crippen LogP contribution in [0.3, 0.4) is 0 Å². The van der Waals surface area contributed by atoms with Crippen LogP contribution < -0.4 is 4.74 Å². The Bertz CT molecular complexity index is 546. The Balaban J connectivity index is 2.22. The highest BCUT2D eigenvalue weighted by molar-refractivity contribution is 5.95. The molecule has 1 aliphatic heterocycles. The lowest BCUT2D eigenvalue weighted by molar-refractivity contribution is -0.142. The first kappa shape index (κ1) is 14.3. The number of amides is 1. The average Bonchev–Trinajstić information content (AvgIpc) is 2.79. The number of methoxy groups -OCH3 is 1. The molecular formula is C14H16FNO4. The number of aliphatic carboxylic acids is 1. The van der Waals surface area contributed by atoms with Gasteiger partial charge in [0.25, 0.3) is 5.91 Å². The summed E-state index contributed by atoms with van der Waals surface area (Å²) < 4.78 is 18.8. The number of carbonyl (C=O) groups excluding carboxylic acids is 1. The van der Waals surface area contributed by atoms with E-state index >= 15 is 0 Å². The summed E-state index contributed by atoms with van der Waals surface area (Å²) in [5.74, 6) is -2.35. The van der Waals surface area contributed by atoms with Crippen LogP contribution in [0, 0.1) is 11.7 Å². The Kier molecular flexibility index (Phi) is 3.92. The fourth-order valence-corrected chi connectivity index (χ4v) is 2.51. The zero-order valence-corrected chi connectivity index (χ0v) is 11.3. The number of nitrogens with zero attached hydrogens (tertiary/aromatic N) is 1. The van der Waals surface area contributed by atoms with Gasteiger partial charge in [-0.15, -0.1) is 0 Å². The number of rotatable bonds is 3. The molecule has 1 aromatic carbocycles. The van der Waals surface area contributed by atoms with Gasteiger partial charge in [0.15, 0.2) is 0 Å². The van der Waals surface area contributed by atoms with E-state index in [1.54, 1.807) is 6.92 Å². The molecule has 0 aromatic heterocycles. The highest BCUT2D eigenvalue weighted by Crippen LogP contribution is 2.27. The summed E-state index contributed by atoms with van der Waals surface area (Å²) in [6, 6.07) is 3.56. The zero-order valence-electron chi connectivity index (χ0n) is 11.3. The van der Waals surface area contributed by atoms with Crippen molar-refractivity contribution in [3.63, 3.8) is 0 Å². The molecule has 0 aliphatic carbocycles. The van der Waals surface area contributed by atoms with E-state index in [0.29, 0.717) is 18.7 Å². The fourth-order valence-electron chi connectivity index (χ4n) is 2.51. The van der Waals surface area contributed by atoms with Crippen LogP contribution >= 0.6 is 0 Å². The first-order chi connectivity index (χ1) is 9.45. The average molecular weight is 281 g/mol. The second-order valence-electron chi connectivity index (χ2n) is 4.82. The van der Waals surface area contributed by atoms with Crippen LogP contribution in [-0.4, -0.2) is 41.6 Å². The van der Waals surface area contributed by atoms with Crippen LogP contribution in [0.5, 0.6) is 5.75 Å². The molecule has 6 heteroatoms. The second kappa shape index (κ2) is 5.48. The molecule has 1 saturated heterocycles. The molecule has 1 aromatic rings. The fraction of sp³-hybridized carbons (Fsp3) is 0.429. The minimum Gasteiger partial charge on any atom is -0.497 e. The molecule has 1 fully saturated rings. The topological polar surface area (TPSA) is 66.8 Å². The molecule has 1 amide bonds. The molecule has 20 heavy (non-hydrogen) atoms. The van der Waals surface area contributed by atoms with Crippen LogP contribution in [0.25, 0.3) is 0 Å². The maximum atomic E-state index is 13.9. The largest absolute Gasteiger partial charge is 0.497 e. The summed E-state index contributed by atoms with van der Waals surface area (Å²) in [5, 5.41) is 9.05. The SMILES string of the molecule is COc1ccc(C(=O)N2CCC(C(=O)O)C2C)c(F)c1. The van der Waals surface area contributed by atoms with E-state index in [1.807, 2.05) is 0 Å². The number of likely N-dealkylation sites (tertiary alicyclic amines) is 1. The lowest BCUT2D eigenvalue weighted by Crippen LogP contribution is -2.38. The van der Waals surface area contributed by atoms with E-state index in [2.05, 4.69) is 0 Å². The van der Waals surface area contributed by atoms with Crippen molar-refractivity contribution in [3.8, 4) is 5.75 Å². The van der Waals surface area contributed by atoms with Crippen molar-refractivity contribution in [2.24, 2.45) is 5.92 Å². The number of carboxylic acids is 1. The molecule has 5 nitrogen and oxygen atoms in total. The van der Waals surface area contributed by atoms with Crippen molar-refractivity contribution in [3.05, 3.63) is 29.6 Å². The van der Waals surface area contributed by atoms with Crippen molar-refractivity contribution < 1.29 is 23.8 Å². The van der Waals surface area contributed by atoms with Gasteiger partial charge in [-0.1, -0.05) is 0 Å². The van der Waals surface area contributed by atoms with Crippen LogP contribution in [0.2, 0.25) is 0 Å². The molecule has 2 rings (SSSR count). The van der Waals surface area contributed by atoms with Crippen LogP contribution in [0.4, 0.5) is 4.39 Å². The van der Waals surface area contributed by atoms with Gasteiger partial charge in [0.1, 0.15) is 11.6 Å². The number of benzene rings is 1. The third-order valence-electron chi connectivity index (χ3n) is 3.74. The lowest BCUT2D eigenvalue weighted by Gasteiger charge is -2.23. The summed E-state index contributed by atoms with van der Waals surface area (Å²) in [4.78, 5) is 24.7. The van der Waals surface area contributed by atoms with Gasteiger partial charge < -0.3 is 14.7 Å². The van der Waals surface area contributed by atoms with E-state index in [9.17, 15) is 14.0 Å². The maximum absolute atomic E-state index is 13.9. The van der Waals surface area contributed by atoms with Crippen molar-refractivity contribution in [1.82, 2.24) is 4.90 Å². The monoisotopic (exact) mass is 281 g/mol. The van der Waals surface area contributed by atoms with E-state index in [0.717, 1.165) is 6.07 Å². The van der Waals surface area contributed by atoms with Gasteiger partial charge in [-0.2, -0.15) is 0 Å². The third-order valence-corrected chi connectivity index (χ3v) is 3.74. The Labute approximate surface area is 116 Å². The molecule has 1 heterocycles. The number of carbonyl (C=O) groups is 2. The number of carboxylic acid groups (broad SMARTS) is 1. The molecule has 0 spiro atoms. The first-order valence-electron chi connectivity index (χ1n) is 6.33. The third kappa shape index (κ3) is 2.45. The van der Waals surface area contributed by atoms with Gasteiger partial charge in [0, 0.05) is 18.7 Å². The summed E-state index contributed by atoms with van der Waals surface area (Å²) >= 11 is 0. The Morgan fingerprint density at radius 1 is 1.45 bits per heavy atom. The summed E-state index contributed by atoms with van der Waals surface area (Å²) in [7, 11) is 1.41. The molecular weight excluding hydrogens is 265 g/mol. The Morgan fingerprint density at radius 3 is 2.65 bits per heavy atom. The molecule has 2 atom stereocenters. The zero-order chi connectivity index (χ0) is 14.9. The molecule has 1 aliphatic rings. The van der Waals surface area contributed by atoms with Crippen LogP contribution in [0.15, 0.2) is 18.2 Å². The van der Waals surface area contributed by atoms with Crippen molar-refractivity contribution in [1.29, 1.82) is 0 Å². The number of hydrogen-bond donors (Lipinski definition) is 1. The Hall–Kier alpha value is -2.11. The van der Waals surface area contributed by atoms with E-state index in [4.69, 9.17) is 9.84 Å². The maximum Gasteiger partial charge on any atom is 0.308 e. The number of ether oxygens (including phenoxy) is 1. The number of hydrogen-bond acceptors (Lipinski definition) is 3. The molecule has 2 unspecified atom stereocenters. The second-order valence-corrected chi connectivity index (χ2v) is 4.82. The van der Waals surface area contributed by atoms with Crippen molar-refractivity contribution >= 4 is 11.9 Å². The van der Waals surface area contributed by atoms with E-state index < -0.39 is 29.7 Å². The van der Waals surface area contributed by atoms with Gasteiger partial charge in [0.05, 0.1) is 18.6 Å². The summed E-state index contributed by atoms with van der Waals surface area (Å²) in [5.41, 5.74) is -0.0660. The molecule has 108 valence electrons. The van der Waals surface area contributed by atoms with Crippen molar-refractivity contribution in [2.45, 2.75) is 19.4 Å². The van der Waals surface area contributed by atoms with Gasteiger partial charge in [-0.3, -0.25) is 9.59 Å². The molecule has 0 bridgehead atoms. The molecule has 0 radical (unpaired) electrons. The quantitative estimate of drug-likeness (QED) is 0.917. The van der Waals surface area contributed by atoms with E-state index in [-0.39, 0.29) is 5.56 Å². The van der Waals surface area contributed by atoms with Gasteiger partial charge in [-0.25, -0.2) is 4.39 Å². The minimum atomic E-state index is -0.928. The minimum absolute atomic E-state index is 0.0660. The predicted molar refractivity (Wildman–Crippen MR) is 69.2 cm³/mol. The van der Waals surface area contributed by atoms with Gasteiger partial charge in [-0.05, 0) is 25.5 Å². The number of halogens is 1. The summed E-state index contributed by atoms with van der Waals surface area (Å²) in [6.45, 7) is 1.99. The van der Waals surface area contributed by atoms with Crippen LogP contribution in [-0.2, 0) is 4.79 Å². The highest BCUT2D eigenvalue weighted by Gasteiger charge is 2.38. The Morgan fingerprint density at radius 2 is 2.15 bits per heavy atom. The normalized spacial score (nSPS) is 21.9. The lowest BCUT2D eigenvalue weighted by atomic mass is 10.0. The molecule has 1 N–H and O–H groups in total. The van der Waals surface area contributed by atoms with Gasteiger partial charge in [0.2, 0.25) is 0 Å². The van der Waals surface area contributed by atoms with E-state index in [1.165, 1.54) is 24.1 Å². The summed E-state index contributed by atoms with van der Waals surface area (Å²) in [6.07, 6.45) is 0.389. The standard InChI is InChI=1S/C14H16FNO4/c1-8-10(14(18)19)5-6-16(8)13(17)11-4-3-9(20-2)7-12(11)15/h3-4,7-8,10H,5-6H2,1-2H3,(H,18,19). The smallest absolute Gasteiger partial charge is 0.308 e. The van der Waals surface area contributed by atoms with Gasteiger partial charge >= 0.3 is 5.97 Å². The highest BCUT2D eigenvalue weighted by atomic mass is 19.1. The van der Waals surface area contributed by atoms with Crippen molar-refractivity contribution in [2.75, 3.05) is 13.7 Å². The first-order valence-corrected chi connectivity index (χ1v) is 6.33. The molecule has 0 saturated carbocycles. The predicted octanol–water partition coefficient (Wildman–Crippen LogP) is 1.77.